The average molecular weight is 462 g/mol. The summed E-state index contributed by atoms with van der Waals surface area (Å²) in [6.07, 6.45) is 3.81. The van der Waals surface area contributed by atoms with Crippen LogP contribution in [0.5, 0.6) is 5.75 Å². The number of thiocarbonyl (C=S) groups is 1. The molecule has 0 atom stereocenters. The molecule has 0 unspecified atom stereocenters. The molecule has 1 amide bonds. The molecule has 0 aliphatic carbocycles. The van der Waals surface area contributed by atoms with Gasteiger partial charge < -0.3 is 15.0 Å². The Bertz CT molecular complexity index is 1040. The number of hydrogen-bond acceptors (Lipinski definition) is 5. The molecule has 0 fully saturated rings. The molecule has 0 radical (unpaired) electrons. The second kappa shape index (κ2) is 11.5. The fraction of sp³-hybridized carbons (Fsp3) is 0.273. The van der Waals surface area contributed by atoms with Gasteiger partial charge in [0.15, 0.2) is 5.11 Å². The van der Waals surface area contributed by atoms with Crippen LogP contribution in [0.15, 0.2) is 59.5 Å². The van der Waals surface area contributed by atoms with Crippen LogP contribution in [0.1, 0.15) is 18.1 Å². The molecular formula is C22H27N3O4S2. The minimum absolute atomic E-state index is 0.0107. The number of nitrogens with zero attached hydrogens (tertiary/aromatic N) is 1. The van der Waals surface area contributed by atoms with Crippen LogP contribution in [0, 0.1) is 0 Å². The number of nitrogens with one attached hydrogen (secondary N) is 2. The summed E-state index contributed by atoms with van der Waals surface area (Å²) in [5.41, 5.74) is 1.71. The summed E-state index contributed by atoms with van der Waals surface area (Å²) < 4.78 is 32.8. The van der Waals surface area contributed by atoms with E-state index in [1.165, 1.54) is 20.2 Å². The third-order valence-electron chi connectivity index (χ3n) is 4.55. The third kappa shape index (κ3) is 7.08. The van der Waals surface area contributed by atoms with Gasteiger partial charge in [0.05, 0.1) is 7.11 Å². The van der Waals surface area contributed by atoms with Gasteiger partial charge in [0, 0.05) is 26.2 Å². The zero-order chi connectivity index (χ0) is 22.9. The monoisotopic (exact) mass is 461 g/mol. The number of sulfonamides is 1. The number of amides is 1. The number of rotatable bonds is 9. The highest BCUT2D eigenvalue weighted by Gasteiger charge is 2.21. The van der Waals surface area contributed by atoms with E-state index in [9.17, 15) is 13.2 Å². The first-order valence-electron chi connectivity index (χ1n) is 9.74. The van der Waals surface area contributed by atoms with Gasteiger partial charge in [-0.15, -0.1) is 0 Å². The van der Waals surface area contributed by atoms with Gasteiger partial charge in [0.25, 0.3) is 10.0 Å². The molecule has 2 N–H and O–H groups in total. The predicted octanol–water partition coefficient (Wildman–Crippen LogP) is 2.58. The fourth-order valence-corrected chi connectivity index (χ4v) is 4.35. The third-order valence-corrected chi connectivity index (χ3v) is 6.36. The molecule has 2 rings (SSSR count). The summed E-state index contributed by atoms with van der Waals surface area (Å²) in [5, 5.41) is 2.56. The quantitative estimate of drug-likeness (QED) is 0.441. The molecule has 31 heavy (non-hydrogen) atoms. The molecule has 0 saturated heterocycles. The van der Waals surface area contributed by atoms with E-state index in [2.05, 4.69) is 10.0 Å². The van der Waals surface area contributed by atoms with Gasteiger partial charge in [-0.2, -0.15) is 0 Å². The van der Waals surface area contributed by atoms with E-state index in [1.807, 2.05) is 37.3 Å². The topological polar surface area (TPSA) is 87.7 Å². The van der Waals surface area contributed by atoms with E-state index < -0.39 is 10.0 Å². The van der Waals surface area contributed by atoms with Crippen LogP contribution in [0.25, 0.3) is 6.08 Å². The summed E-state index contributed by atoms with van der Waals surface area (Å²) in [5.74, 6) is 0.109. The molecule has 7 nitrogen and oxygen atoms in total. The van der Waals surface area contributed by atoms with Crippen molar-refractivity contribution in [3.63, 3.8) is 0 Å². The van der Waals surface area contributed by atoms with Gasteiger partial charge in [-0.25, -0.2) is 8.42 Å². The van der Waals surface area contributed by atoms with Crippen LogP contribution in [-0.4, -0.2) is 51.6 Å². The Balaban J connectivity index is 2.13. The van der Waals surface area contributed by atoms with E-state index in [1.54, 1.807) is 29.2 Å². The Hall–Kier alpha value is -2.91. The lowest BCUT2D eigenvalue weighted by atomic mass is 10.1. The first-order chi connectivity index (χ1) is 14.8. The van der Waals surface area contributed by atoms with Gasteiger partial charge in [0.1, 0.15) is 10.6 Å². The van der Waals surface area contributed by atoms with Crippen molar-refractivity contribution in [1.29, 1.82) is 0 Å². The van der Waals surface area contributed by atoms with Crippen LogP contribution >= 0.6 is 12.2 Å². The van der Waals surface area contributed by atoms with Crippen molar-refractivity contribution in [3.8, 4) is 5.75 Å². The summed E-state index contributed by atoms with van der Waals surface area (Å²) in [7, 11) is -0.974. The van der Waals surface area contributed by atoms with E-state index in [0.29, 0.717) is 19.5 Å². The van der Waals surface area contributed by atoms with E-state index in [0.717, 1.165) is 11.1 Å². The second-order valence-corrected chi connectivity index (χ2v) is 8.64. The van der Waals surface area contributed by atoms with Crippen molar-refractivity contribution >= 4 is 39.3 Å². The number of carbonyl (C=O) groups is 1. The molecule has 0 bridgehead atoms. The highest BCUT2D eigenvalue weighted by Crippen LogP contribution is 2.25. The summed E-state index contributed by atoms with van der Waals surface area (Å²) >= 11 is 4.91. The first kappa shape index (κ1) is 24.4. The molecule has 0 heterocycles. The first-order valence-corrected chi connectivity index (χ1v) is 11.6. The molecule has 0 aliphatic rings. The number of methoxy groups -OCH3 is 1. The number of benzene rings is 2. The maximum atomic E-state index is 12.7. The van der Waals surface area contributed by atoms with Crippen LogP contribution in [0.3, 0.4) is 0 Å². The average Bonchev–Trinajstić information content (AvgIpc) is 2.78. The Morgan fingerprint density at radius 1 is 1.19 bits per heavy atom. The molecule has 0 spiro atoms. The van der Waals surface area contributed by atoms with Gasteiger partial charge in [-0.1, -0.05) is 36.4 Å². The fourth-order valence-electron chi connectivity index (χ4n) is 2.84. The molecule has 166 valence electrons. The minimum Gasteiger partial charge on any atom is -0.495 e. The molecule has 0 saturated carbocycles. The molecule has 9 heteroatoms. The maximum absolute atomic E-state index is 12.7. The van der Waals surface area contributed by atoms with Crippen molar-refractivity contribution < 1.29 is 17.9 Å². The molecule has 2 aromatic carbocycles. The summed E-state index contributed by atoms with van der Waals surface area (Å²) in [6.45, 7) is 2.89. The Morgan fingerprint density at radius 2 is 1.90 bits per heavy atom. The van der Waals surface area contributed by atoms with Gasteiger partial charge in [0.2, 0.25) is 5.91 Å². The predicted molar refractivity (Wildman–Crippen MR) is 126 cm³/mol. The van der Waals surface area contributed by atoms with Crippen LogP contribution < -0.4 is 14.8 Å². The lowest BCUT2D eigenvalue weighted by molar-refractivity contribution is -0.125. The summed E-state index contributed by atoms with van der Waals surface area (Å²) in [4.78, 5) is 14.2. The second-order valence-electron chi connectivity index (χ2n) is 6.58. The van der Waals surface area contributed by atoms with Crippen LogP contribution in [0.4, 0.5) is 0 Å². The van der Waals surface area contributed by atoms with Crippen molar-refractivity contribution in [2.24, 2.45) is 0 Å². The molecule has 0 aliphatic heterocycles. The van der Waals surface area contributed by atoms with Crippen molar-refractivity contribution in [3.05, 3.63) is 65.7 Å². The lowest BCUT2D eigenvalue weighted by Gasteiger charge is -2.20. The SMILES string of the molecule is CCN(CCc1ccc(OC)c(S(=O)(=O)NC(=S)NC)c1)C(=O)/C=C/c1ccccc1. The lowest BCUT2D eigenvalue weighted by Crippen LogP contribution is -2.37. The zero-order valence-electron chi connectivity index (χ0n) is 17.8. The molecule has 2 aromatic rings. The smallest absolute Gasteiger partial charge is 0.267 e. The van der Waals surface area contributed by atoms with Gasteiger partial charge in [-0.3, -0.25) is 9.52 Å². The van der Waals surface area contributed by atoms with Crippen LogP contribution in [-0.2, 0) is 21.2 Å². The van der Waals surface area contributed by atoms with Crippen LogP contribution in [0.2, 0.25) is 0 Å². The van der Waals surface area contributed by atoms with E-state index in [-0.39, 0.29) is 21.7 Å². The van der Waals surface area contributed by atoms with Gasteiger partial charge in [-0.05, 0) is 54.9 Å². The Morgan fingerprint density at radius 3 is 2.52 bits per heavy atom. The Kier molecular flexibility index (Phi) is 9.02. The van der Waals surface area contributed by atoms with Gasteiger partial charge >= 0.3 is 0 Å². The number of carbonyl (C=O) groups excluding carboxylic acids is 1. The highest BCUT2D eigenvalue weighted by atomic mass is 32.2. The largest absolute Gasteiger partial charge is 0.495 e. The maximum Gasteiger partial charge on any atom is 0.267 e. The van der Waals surface area contributed by atoms with E-state index in [4.69, 9.17) is 17.0 Å². The zero-order valence-corrected chi connectivity index (χ0v) is 19.4. The molecular weight excluding hydrogens is 434 g/mol. The Labute approximate surface area is 189 Å². The van der Waals surface area contributed by atoms with E-state index >= 15 is 0 Å². The van der Waals surface area contributed by atoms with Crippen molar-refractivity contribution in [1.82, 2.24) is 14.9 Å². The normalized spacial score (nSPS) is 11.2. The number of hydrogen-bond donors (Lipinski definition) is 2. The standard InChI is InChI=1S/C22H27N3O4S2/c1-4-25(21(26)13-11-17-8-6-5-7-9-17)15-14-18-10-12-19(29-3)20(16-18)31(27,28)24-22(30)23-2/h5-13,16H,4,14-15H2,1-3H3,(H2,23,24,30)/b13-11+. The minimum atomic E-state index is -3.91. The summed E-state index contributed by atoms with van der Waals surface area (Å²) in [6, 6.07) is 14.5. The molecule has 0 aromatic heterocycles. The highest BCUT2D eigenvalue weighted by molar-refractivity contribution is 7.92. The number of likely N-dealkylation sites (N-methyl/N-ethyl adjacent to an activating group) is 1. The number of ether oxygens (including phenoxy) is 1. The van der Waals surface area contributed by atoms with Crippen molar-refractivity contribution in [2.45, 2.75) is 18.2 Å². The van der Waals surface area contributed by atoms with Crippen molar-refractivity contribution in [2.75, 3.05) is 27.2 Å².